The van der Waals surface area contributed by atoms with Gasteiger partial charge in [0, 0.05) is 11.3 Å². The molecular formula is C23H23F3O. The number of halogens is 3. The second kappa shape index (κ2) is 8.03. The van der Waals surface area contributed by atoms with Crippen LogP contribution >= 0.6 is 0 Å². The SMILES string of the molecule is CCCCC1(c2ccc(OC(F)(F)F)cc2)C=CC(c2ccccc2)C=C1. The van der Waals surface area contributed by atoms with Crippen molar-refractivity contribution in [1.29, 1.82) is 0 Å². The Labute approximate surface area is 158 Å². The third-order valence-corrected chi connectivity index (χ3v) is 4.96. The van der Waals surface area contributed by atoms with E-state index in [2.05, 4.69) is 48.1 Å². The maximum atomic E-state index is 12.4. The van der Waals surface area contributed by atoms with Crippen LogP contribution in [0.3, 0.4) is 0 Å². The molecule has 0 aliphatic heterocycles. The number of hydrogen-bond donors (Lipinski definition) is 0. The van der Waals surface area contributed by atoms with Crippen LogP contribution in [0.2, 0.25) is 0 Å². The second-order valence-corrected chi connectivity index (χ2v) is 6.87. The molecule has 0 N–H and O–H groups in total. The molecule has 2 aromatic rings. The summed E-state index contributed by atoms with van der Waals surface area (Å²) in [6.07, 6.45) is 7.09. The average molecular weight is 372 g/mol. The van der Waals surface area contributed by atoms with Gasteiger partial charge in [0.1, 0.15) is 5.75 Å². The van der Waals surface area contributed by atoms with E-state index in [1.54, 1.807) is 12.1 Å². The number of alkyl halides is 3. The number of allylic oxidation sites excluding steroid dienone is 4. The first-order valence-electron chi connectivity index (χ1n) is 9.22. The van der Waals surface area contributed by atoms with Crippen LogP contribution in [-0.4, -0.2) is 6.36 Å². The summed E-state index contributed by atoms with van der Waals surface area (Å²) in [6, 6.07) is 16.5. The van der Waals surface area contributed by atoms with Crippen molar-refractivity contribution >= 4 is 0 Å². The number of rotatable bonds is 6. The molecule has 0 saturated heterocycles. The predicted octanol–water partition coefficient (Wildman–Crippen LogP) is 6.92. The molecule has 0 unspecified atom stereocenters. The first-order chi connectivity index (χ1) is 12.9. The van der Waals surface area contributed by atoms with Crippen LogP contribution in [0.25, 0.3) is 0 Å². The van der Waals surface area contributed by atoms with Gasteiger partial charge in [0.15, 0.2) is 0 Å². The number of unbranched alkanes of at least 4 members (excludes halogenated alkanes) is 1. The van der Waals surface area contributed by atoms with E-state index >= 15 is 0 Å². The molecule has 142 valence electrons. The number of hydrogen-bond acceptors (Lipinski definition) is 1. The summed E-state index contributed by atoms with van der Waals surface area (Å²) in [6.45, 7) is 2.14. The first-order valence-corrected chi connectivity index (χ1v) is 9.22. The molecule has 2 aromatic carbocycles. The molecule has 3 rings (SSSR count). The number of ether oxygens (including phenoxy) is 1. The predicted molar refractivity (Wildman–Crippen MR) is 102 cm³/mol. The van der Waals surface area contributed by atoms with Crippen molar-refractivity contribution in [2.75, 3.05) is 0 Å². The molecule has 0 fully saturated rings. The summed E-state index contributed by atoms with van der Waals surface area (Å²) in [5.74, 6) is 0.0246. The van der Waals surface area contributed by atoms with Gasteiger partial charge in [-0.1, -0.05) is 86.5 Å². The molecule has 1 aliphatic carbocycles. The highest BCUT2D eigenvalue weighted by Gasteiger charge is 2.32. The highest BCUT2D eigenvalue weighted by Crippen LogP contribution is 2.39. The molecular weight excluding hydrogens is 349 g/mol. The Kier molecular flexibility index (Phi) is 5.73. The second-order valence-electron chi connectivity index (χ2n) is 6.87. The minimum absolute atomic E-state index is 0.192. The molecule has 0 amide bonds. The summed E-state index contributed by atoms with van der Waals surface area (Å²) >= 11 is 0. The fourth-order valence-electron chi connectivity index (χ4n) is 3.51. The van der Waals surface area contributed by atoms with Gasteiger partial charge in [0.05, 0.1) is 0 Å². The lowest BCUT2D eigenvalue weighted by atomic mass is 9.72. The minimum atomic E-state index is -4.67. The van der Waals surface area contributed by atoms with E-state index in [0.29, 0.717) is 0 Å². The zero-order valence-electron chi connectivity index (χ0n) is 15.2. The largest absolute Gasteiger partial charge is 0.573 e. The van der Waals surface area contributed by atoms with E-state index in [-0.39, 0.29) is 17.1 Å². The van der Waals surface area contributed by atoms with Crippen LogP contribution in [0, 0.1) is 0 Å². The third-order valence-electron chi connectivity index (χ3n) is 4.96. The minimum Gasteiger partial charge on any atom is -0.406 e. The molecule has 0 bridgehead atoms. The monoisotopic (exact) mass is 372 g/mol. The van der Waals surface area contributed by atoms with Crippen LogP contribution in [-0.2, 0) is 5.41 Å². The van der Waals surface area contributed by atoms with E-state index in [4.69, 9.17) is 0 Å². The number of benzene rings is 2. The molecule has 0 atom stereocenters. The van der Waals surface area contributed by atoms with Crippen LogP contribution in [0.4, 0.5) is 13.2 Å². The van der Waals surface area contributed by atoms with E-state index in [1.807, 2.05) is 18.2 Å². The summed E-state index contributed by atoms with van der Waals surface area (Å²) in [4.78, 5) is 0. The van der Waals surface area contributed by atoms with Crippen molar-refractivity contribution in [2.45, 2.75) is 43.9 Å². The van der Waals surface area contributed by atoms with Gasteiger partial charge in [0.25, 0.3) is 0 Å². The van der Waals surface area contributed by atoms with Crippen LogP contribution in [0.15, 0.2) is 78.9 Å². The molecule has 4 heteroatoms. The van der Waals surface area contributed by atoms with Gasteiger partial charge in [0.2, 0.25) is 0 Å². The van der Waals surface area contributed by atoms with Gasteiger partial charge in [-0.3, -0.25) is 0 Å². The Balaban J connectivity index is 1.85. The molecule has 0 radical (unpaired) electrons. The lowest BCUT2D eigenvalue weighted by Crippen LogP contribution is -2.23. The Morgan fingerprint density at radius 3 is 2.11 bits per heavy atom. The average Bonchev–Trinajstić information content (AvgIpc) is 2.67. The molecule has 0 spiro atoms. The van der Waals surface area contributed by atoms with Gasteiger partial charge in [-0.2, -0.15) is 0 Å². The topological polar surface area (TPSA) is 9.23 Å². The lowest BCUT2D eigenvalue weighted by molar-refractivity contribution is -0.274. The van der Waals surface area contributed by atoms with Crippen molar-refractivity contribution in [3.8, 4) is 5.75 Å². The van der Waals surface area contributed by atoms with E-state index in [1.165, 1.54) is 17.7 Å². The maximum absolute atomic E-state index is 12.4. The zero-order valence-corrected chi connectivity index (χ0v) is 15.2. The summed E-state index contributed by atoms with van der Waals surface area (Å²) in [5.41, 5.74) is 1.91. The Morgan fingerprint density at radius 2 is 1.56 bits per heavy atom. The Morgan fingerprint density at radius 1 is 0.926 bits per heavy atom. The Hall–Kier alpha value is -2.49. The summed E-state index contributed by atoms with van der Waals surface area (Å²) < 4.78 is 41.2. The summed E-state index contributed by atoms with van der Waals surface area (Å²) in [7, 11) is 0. The van der Waals surface area contributed by atoms with Crippen LogP contribution in [0.5, 0.6) is 5.75 Å². The summed E-state index contributed by atoms with van der Waals surface area (Å²) in [5, 5.41) is 0. The van der Waals surface area contributed by atoms with E-state index in [0.717, 1.165) is 24.8 Å². The van der Waals surface area contributed by atoms with Gasteiger partial charge < -0.3 is 4.74 Å². The lowest BCUT2D eigenvalue weighted by Gasteiger charge is -2.32. The fourth-order valence-corrected chi connectivity index (χ4v) is 3.51. The van der Waals surface area contributed by atoms with Gasteiger partial charge in [-0.05, 0) is 29.7 Å². The quantitative estimate of drug-likeness (QED) is 0.500. The fraction of sp³-hybridized carbons (Fsp3) is 0.304. The van der Waals surface area contributed by atoms with Crippen molar-refractivity contribution < 1.29 is 17.9 Å². The molecule has 27 heavy (non-hydrogen) atoms. The van der Waals surface area contributed by atoms with Crippen molar-refractivity contribution in [2.24, 2.45) is 0 Å². The van der Waals surface area contributed by atoms with Gasteiger partial charge in [-0.25, -0.2) is 0 Å². The molecule has 0 saturated carbocycles. The highest BCUT2D eigenvalue weighted by molar-refractivity contribution is 5.45. The molecule has 0 aromatic heterocycles. The third kappa shape index (κ3) is 4.82. The zero-order chi connectivity index (χ0) is 19.3. The maximum Gasteiger partial charge on any atom is 0.573 e. The first kappa shape index (κ1) is 19.3. The van der Waals surface area contributed by atoms with Gasteiger partial charge >= 0.3 is 6.36 Å². The molecule has 0 heterocycles. The van der Waals surface area contributed by atoms with E-state index in [9.17, 15) is 13.2 Å². The van der Waals surface area contributed by atoms with Crippen LogP contribution < -0.4 is 4.74 Å². The van der Waals surface area contributed by atoms with Crippen molar-refractivity contribution in [3.63, 3.8) is 0 Å². The Bertz CT molecular complexity index is 775. The van der Waals surface area contributed by atoms with Crippen molar-refractivity contribution in [3.05, 3.63) is 90.0 Å². The van der Waals surface area contributed by atoms with Gasteiger partial charge in [-0.15, -0.1) is 13.2 Å². The molecule has 1 nitrogen and oxygen atoms in total. The van der Waals surface area contributed by atoms with E-state index < -0.39 is 6.36 Å². The highest BCUT2D eigenvalue weighted by atomic mass is 19.4. The van der Waals surface area contributed by atoms with Crippen molar-refractivity contribution in [1.82, 2.24) is 0 Å². The smallest absolute Gasteiger partial charge is 0.406 e. The standard InChI is InChI=1S/C23H23F3O/c1-2-3-15-22(20-9-11-21(12-10-20)27-23(24,25)26)16-13-19(14-17-22)18-7-5-4-6-8-18/h4-14,16-17,19H,2-3,15H2,1H3. The molecule has 1 aliphatic rings. The normalized spacial score (nSPS) is 22.0. The van der Waals surface area contributed by atoms with Crippen LogP contribution in [0.1, 0.15) is 43.2 Å².